The first kappa shape index (κ1) is 21.6. The Morgan fingerprint density at radius 3 is 2.66 bits per heavy atom. The molecule has 3 nitrogen and oxygen atoms in total. The van der Waals surface area contributed by atoms with E-state index >= 15 is 0 Å². The van der Waals surface area contributed by atoms with E-state index in [-0.39, 0.29) is 11.2 Å². The van der Waals surface area contributed by atoms with Gasteiger partial charge in [0.25, 0.3) is 0 Å². The molecule has 0 radical (unpaired) electrons. The van der Waals surface area contributed by atoms with E-state index in [0.717, 1.165) is 12.6 Å². The van der Waals surface area contributed by atoms with Gasteiger partial charge in [-0.2, -0.15) is 0 Å². The van der Waals surface area contributed by atoms with Crippen LogP contribution in [0.5, 0.6) is 0 Å². The van der Waals surface area contributed by atoms with Gasteiger partial charge in [-0.15, -0.1) is 0 Å². The Morgan fingerprint density at radius 2 is 1.77 bits per heavy atom. The zero-order valence-corrected chi connectivity index (χ0v) is 21.6. The summed E-state index contributed by atoms with van der Waals surface area (Å²) >= 11 is 0. The van der Waals surface area contributed by atoms with E-state index < -0.39 is 0 Å². The molecule has 4 fully saturated rings. The van der Waals surface area contributed by atoms with Gasteiger partial charge in [0, 0.05) is 25.2 Å². The summed E-state index contributed by atoms with van der Waals surface area (Å²) in [4.78, 5) is 5.66. The summed E-state index contributed by atoms with van der Waals surface area (Å²) in [6.07, 6.45) is 19.6. The molecule has 1 aromatic rings. The van der Waals surface area contributed by atoms with Crippen LogP contribution in [0, 0.1) is 11.3 Å². The van der Waals surface area contributed by atoms with E-state index in [1.54, 1.807) is 22.3 Å². The van der Waals surface area contributed by atoms with Crippen LogP contribution in [0.15, 0.2) is 47.6 Å². The molecule has 0 N–H and O–H groups in total. The third-order valence-corrected chi connectivity index (χ3v) is 11.9. The van der Waals surface area contributed by atoms with Gasteiger partial charge in [0.05, 0.1) is 11.2 Å². The van der Waals surface area contributed by atoms with Crippen molar-refractivity contribution < 1.29 is 4.74 Å². The predicted molar refractivity (Wildman–Crippen MR) is 140 cm³/mol. The van der Waals surface area contributed by atoms with Crippen molar-refractivity contribution in [3.63, 3.8) is 0 Å². The Morgan fingerprint density at radius 1 is 0.914 bits per heavy atom. The maximum absolute atomic E-state index is 7.56. The highest BCUT2D eigenvalue weighted by molar-refractivity contribution is 5.47. The summed E-state index contributed by atoms with van der Waals surface area (Å²) < 4.78 is 7.56. The molecule has 35 heavy (non-hydrogen) atoms. The smallest absolute Gasteiger partial charge is 0.0975 e. The van der Waals surface area contributed by atoms with Crippen LogP contribution in [0.1, 0.15) is 82.3 Å². The summed E-state index contributed by atoms with van der Waals surface area (Å²) in [7, 11) is 0. The summed E-state index contributed by atoms with van der Waals surface area (Å²) in [5, 5.41) is 0. The second kappa shape index (κ2) is 7.55. The van der Waals surface area contributed by atoms with Gasteiger partial charge in [0.2, 0.25) is 0 Å². The molecule has 0 aromatic heterocycles. The minimum absolute atomic E-state index is 0.00809. The molecule has 8 rings (SSSR count). The topological polar surface area (TPSA) is 15.7 Å². The van der Waals surface area contributed by atoms with Gasteiger partial charge in [0.1, 0.15) is 0 Å². The second-order valence-corrected chi connectivity index (χ2v) is 13.3. The van der Waals surface area contributed by atoms with Crippen LogP contribution in [0.25, 0.3) is 0 Å². The highest BCUT2D eigenvalue weighted by atomic mass is 16.5. The Labute approximate surface area is 211 Å². The molecule has 1 aromatic carbocycles. The van der Waals surface area contributed by atoms with Crippen LogP contribution in [-0.2, 0) is 17.7 Å². The lowest BCUT2D eigenvalue weighted by molar-refractivity contribution is -0.144. The molecule has 4 aliphatic heterocycles. The van der Waals surface area contributed by atoms with Crippen molar-refractivity contribution in [2.24, 2.45) is 11.3 Å². The molecule has 3 aliphatic carbocycles. The van der Waals surface area contributed by atoms with E-state index in [0.29, 0.717) is 17.4 Å². The van der Waals surface area contributed by atoms with Gasteiger partial charge >= 0.3 is 0 Å². The lowest BCUT2D eigenvalue weighted by Gasteiger charge is -2.55. The first-order valence-electron chi connectivity index (χ1n) is 14.8. The fraction of sp³-hybridized carbons (Fsp3) is 0.688. The van der Waals surface area contributed by atoms with Crippen molar-refractivity contribution in [1.82, 2.24) is 9.80 Å². The molecular weight excluding hydrogens is 428 g/mol. The predicted octanol–water partition coefficient (Wildman–Crippen LogP) is 6.04. The van der Waals surface area contributed by atoms with Crippen molar-refractivity contribution >= 4 is 0 Å². The van der Waals surface area contributed by atoms with Crippen molar-refractivity contribution in [2.45, 2.75) is 107 Å². The molecule has 2 saturated carbocycles. The van der Waals surface area contributed by atoms with Crippen molar-refractivity contribution in [3.8, 4) is 0 Å². The number of benzene rings is 1. The van der Waals surface area contributed by atoms with E-state index in [9.17, 15) is 0 Å². The number of allylic oxidation sites excluding steroid dienone is 1. The summed E-state index contributed by atoms with van der Waals surface area (Å²) in [6.45, 7) is 7.63. The third kappa shape index (κ3) is 2.95. The Hall–Kier alpha value is -1.42. The number of nitrogens with zero attached hydrogens (tertiary/aromatic N) is 2. The van der Waals surface area contributed by atoms with E-state index in [2.05, 4.69) is 53.1 Å². The normalized spacial score (nSPS) is 44.8. The minimum atomic E-state index is -0.00809. The average Bonchev–Trinajstić information content (AvgIpc) is 3.60. The molecule has 2 spiro atoms. The largest absolute Gasteiger partial charge is 0.359 e. The molecule has 6 atom stereocenters. The van der Waals surface area contributed by atoms with Crippen molar-refractivity contribution in [3.05, 3.63) is 58.7 Å². The quantitative estimate of drug-likeness (QED) is 0.524. The zero-order chi connectivity index (χ0) is 23.3. The van der Waals surface area contributed by atoms with Gasteiger partial charge in [-0.1, -0.05) is 43.3 Å². The Kier molecular flexibility index (Phi) is 4.67. The number of ether oxygens (including phenoxy) is 1. The van der Waals surface area contributed by atoms with Gasteiger partial charge in [-0.3, -0.25) is 4.90 Å². The van der Waals surface area contributed by atoms with Gasteiger partial charge in [0.15, 0.2) is 0 Å². The summed E-state index contributed by atoms with van der Waals surface area (Å²) in [5.41, 5.74) is 6.73. The monoisotopic (exact) mass is 470 g/mol. The minimum Gasteiger partial charge on any atom is -0.359 e. The molecule has 7 aliphatic rings. The molecule has 186 valence electrons. The maximum atomic E-state index is 7.56. The van der Waals surface area contributed by atoms with E-state index in [1.165, 1.54) is 90.3 Å². The second-order valence-electron chi connectivity index (χ2n) is 13.3. The molecular formula is C32H42N2O. The number of fused-ring (bicyclic) bond motifs is 2. The molecule has 3 heteroatoms. The number of rotatable bonds is 2. The number of hydrogen-bond donors (Lipinski definition) is 0. The van der Waals surface area contributed by atoms with Crippen LogP contribution in [-0.4, -0.2) is 52.7 Å². The van der Waals surface area contributed by atoms with E-state index in [4.69, 9.17) is 4.74 Å². The standard InChI is InChI=1S/C32H42N2O/c1-30-14-12-26-20-25-8-9-27(33-17-4-5-18-33)21-31(25)15-16-32(26,35-31)28(30)10-11-29(30)34-19-13-23-6-2-3-7-24(23)22-34/h2-3,6-7,12,20,27-29H,4-5,8-11,13-19,21-22H2,1H3/t27-,28+,29-,30-,31?,32+/m0/s1. The first-order chi connectivity index (χ1) is 17.1. The van der Waals surface area contributed by atoms with Crippen LogP contribution in [0.4, 0.5) is 0 Å². The average molecular weight is 471 g/mol. The van der Waals surface area contributed by atoms with Crippen LogP contribution >= 0.6 is 0 Å². The fourth-order valence-corrected chi connectivity index (χ4v) is 10.2. The highest BCUT2D eigenvalue weighted by Gasteiger charge is 2.67. The van der Waals surface area contributed by atoms with Gasteiger partial charge in [-0.25, -0.2) is 0 Å². The molecule has 2 saturated heterocycles. The van der Waals surface area contributed by atoms with Crippen molar-refractivity contribution in [1.29, 1.82) is 0 Å². The highest BCUT2D eigenvalue weighted by Crippen LogP contribution is 2.67. The zero-order valence-electron chi connectivity index (χ0n) is 21.6. The van der Waals surface area contributed by atoms with Gasteiger partial charge < -0.3 is 9.64 Å². The van der Waals surface area contributed by atoms with Crippen LogP contribution in [0.2, 0.25) is 0 Å². The molecule has 1 unspecified atom stereocenters. The lowest BCUT2D eigenvalue weighted by atomic mass is 9.59. The van der Waals surface area contributed by atoms with Crippen LogP contribution in [0.3, 0.4) is 0 Å². The van der Waals surface area contributed by atoms with Crippen molar-refractivity contribution in [2.75, 3.05) is 19.6 Å². The number of likely N-dealkylation sites (tertiary alicyclic amines) is 1. The lowest BCUT2D eigenvalue weighted by Crippen LogP contribution is -2.57. The Balaban J connectivity index is 1.10. The maximum Gasteiger partial charge on any atom is 0.0975 e. The fourth-order valence-electron chi connectivity index (χ4n) is 10.2. The van der Waals surface area contributed by atoms with E-state index in [1.807, 2.05) is 0 Å². The summed E-state index contributed by atoms with van der Waals surface area (Å²) in [6, 6.07) is 10.6. The molecule has 4 heterocycles. The van der Waals surface area contributed by atoms with Crippen LogP contribution < -0.4 is 0 Å². The third-order valence-electron chi connectivity index (χ3n) is 11.9. The summed E-state index contributed by atoms with van der Waals surface area (Å²) in [5.74, 6) is 0.668. The van der Waals surface area contributed by atoms with Gasteiger partial charge in [-0.05, 0) is 117 Å². The number of hydrogen-bond acceptors (Lipinski definition) is 3. The molecule has 2 bridgehead atoms. The SMILES string of the molecule is C[C@]12CC=C3C=C4CC[C@H](N5CCCC5)CC45CC[C@]3(O5)[C@@H]1CC[C@@H]2N1CCc2ccccc2C1. The molecule has 0 amide bonds. The Bertz CT molecular complexity index is 1100. The first-order valence-corrected chi connectivity index (χ1v) is 14.8.